The normalized spacial score (nSPS) is 10.7. The Morgan fingerprint density at radius 3 is 2.45 bits per heavy atom. The van der Waals surface area contributed by atoms with Gasteiger partial charge in [0.05, 0.1) is 11.8 Å². The average molecular weight is 277 g/mol. The minimum atomic E-state index is -0.0355. The van der Waals surface area contributed by atoms with Crippen LogP contribution >= 0.6 is 0 Å². The van der Waals surface area contributed by atoms with Crippen LogP contribution in [0.4, 0.5) is 5.69 Å². The molecular formula is C16H23NO3. The molecule has 4 nitrogen and oxygen atoms in total. The summed E-state index contributed by atoms with van der Waals surface area (Å²) in [5.74, 6) is 0.526. The van der Waals surface area contributed by atoms with Gasteiger partial charge in [-0.2, -0.15) is 0 Å². The number of amides is 1. The van der Waals surface area contributed by atoms with Crippen molar-refractivity contribution in [3.05, 3.63) is 23.8 Å². The molecule has 1 N–H and O–H groups in total. The molecule has 0 saturated carbocycles. The van der Waals surface area contributed by atoms with Crippen molar-refractivity contribution in [1.29, 1.82) is 0 Å². The lowest BCUT2D eigenvalue weighted by Crippen LogP contribution is -2.22. The Hall–Kier alpha value is -1.84. The summed E-state index contributed by atoms with van der Waals surface area (Å²) in [7, 11) is 0. The Labute approximate surface area is 120 Å². The number of carbonyl (C=O) groups excluding carboxylic acids is 2. The standard InChI is InChI=1S/C16H23NO3/c1-5-13(6-2)16(19)17-14-9-12(10-18)7-8-15(14)20-11(3)4/h7-11,13H,5-6H2,1-4H3,(H,17,19). The number of rotatable bonds is 7. The molecular weight excluding hydrogens is 254 g/mol. The fourth-order valence-electron chi connectivity index (χ4n) is 1.97. The molecule has 0 fully saturated rings. The highest BCUT2D eigenvalue weighted by Gasteiger charge is 2.16. The molecule has 0 aromatic heterocycles. The Morgan fingerprint density at radius 2 is 1.95 bits per heavy atom. The fraction of sp³-hybridized carbons (Fsp3) is 0.500. The smallest absolute Gasteiger partial charge is 0.227 e. The first-order chi connectivity index (χ1) is 9.51. The molecule has 0 aliphatic rings. The predicted octanol–water partition coefficient (Wildman–Crippen LogP) is 3.66. The molecule has 0 saturated heterocycles. The zero-order valence-corrected chi connectivity index (χ0v) is 12.6. The van der Waals surface area contributed by atoms with Gasteiger partial charge >= 0.3 is 0 Å². The summed E-state index contributed by atoms with van der Waals surface area (Å²) in [5, 5.41) is 2.87. The highest BCUT2D eigenvalue weighted by atomic mass is 16.5. The summed E-state index contributed by atoms with van der Waals surface area (Å²) >= 11 is 0. The van der Waals surface area contributed by atoms with E-state index in [1.165, 1.54) is 0 Å². The van der Waals surface area contributed by atoms with Gasteiger partial charge in [0.1, 0.15) is 12.0 Å². The molecule has 0 bridgehead atoms. The second kappa shape index (κ2) is 7.68. The largest absolute Gasteiger partial charge is 0.489 e. The minimum Gasteiger partial charge on any atom is -0.489 e. The Kier molecular flexibility index (Phi) is 6.22. The average Bonchev–Trinajstić information content (AvgIpc) is 2.41. The Morgan fingerprint density at radius 1 is 1.30 bits per heavy atom. The van der Waals surface area contributed by atoms with E-state index in [0.29, 0.717) is 17.0 Å². The van der Waals surface area contributed by atoms with Crippen molar-refractivity contribution in [2.24, 2.45) is 5.92 Å². The van der Waals surface area contributed by atoms with Gasteiger partial charge in [-0.15, -0.1) is 0 Å². The van der Waals surface area contributed by atoms with Crippen molar-refractivity contribution in [1.82, 2.24) is 0 Å². The summed E-state index contributed by atoms with van der Waals surface area (Å²) < 4.78 is 5.66. The molecule has 1 amide bonds. The first-order valence-corrected chi connectivity index (χ1v) is 7.08. The maximum Gasteiger partial charge on any atom is 0.227 e. The monoisotopic (exact) mass is 277 g/mol. The van der Waals surface area contributed by atoms with Crippen LogP contribution < -0.4 is 10.1 Å². The van der Waals surface area contributed by atoms with Crippen molar-refractivity contribution in [3.63, 3.8) is 0 Å². The van der Waals surface area contributed by atoms with Crippen LogP contribution in [0.5, 0.6) is 5.75 Å². The van der Waals surface area contributed by atoms with Gasteiger partial charge in [-0.3, -0.25) is 9.59 Å². The summed E-state index contributed by atoms with van der Waals surface area (Å²) in [6.45, 7) is 7.81. The number of nitrogens with one attached hydrogen (secondary N) is 1. The van der Waals surface area contributed by atoms with Gasteiger partial charge in [0.2, 0.25) is 5.91 Å². The van der Waals surface area contributed by atoms with E-state index in [1.54, 1.807) is 18.2 Å². The van der Waals surface area contributed by atoms with E-state index >= 15 is 0 Å². The molecule has 0 aliphatic heterocycles. The zero-order chi connectivity index (χ0) is 15.1. The maximum atomic E-state index is 12.2. The van der Waals surface area contributed by atoms with Crippen LogP contribution in [0.2, 0.25) is 0 Å². The van der Waals surface area contributed by atoms with Gasteiger partial charge in [0.25, 0.3) is 0 Å². The molecule has 0 heterocycles. The highest BCUT2D eigenvalue weighted by molar-refractivity contribution is 5.95. The van der Waals surface area contributed by atoms with Gasteiger partial charge in [0, 0.05) is 11.5 Å². The van der Waals surface area contributed by atoms with Gasteiger partial charge < -0.3 is 10.1 Å². The minimum absolute atomic E-state index is 0.000815. The van der Waals surface area contributed by atoms with Crippen molar-refractivity contribution >= 4 is 17.9 Å². The van der Waals surface area contributed by atoms with E-state index in [1.807, 2.05) is 27.7 Å². The molecule has 0 atom stereocenters. The first kappa shape index (κ1) is 16.2. The van der Waals surface area contributed by atoms with Crippen molar-refractivity contribution in [2.45, 2.75) is 46.6 Å². The summed E-state index contributed by atoms with van der Waals surface area (Å²) in [6, 6.07) is 5.04. The second-order valence-electron chi connectivity index (χ2n) is 5.04. The number of anilines is 1. The number of hydrogen-bond donors (Lipinski definition) is 1. The SMILES string of the molecule is CCC(CC)C(=O)Nc1cc(C=O)ccc1OC(C)C. The number of carbonyl (C=O) groups is 2. The molecule has 110 valence electrons. The molecule has 0 spiro atoms. The number of benzene rings is 1. The summed E-state index contributed by atoms with van der Waals surface area (Å²) in [5.41, 5.74) is 1.07. The van der Waals surface area contributed by atoms with Crippen molar-refractivity contribution in [2.75, 3.05) is 5.32 Å². The van der Waals surface area contributed by atoms with E-state index in [0.717, 1.165) is 19.1 Å². The van der Waals surface area contributed by atoms with Crippen LogP contribution in [-0.4, -0.2) is 18.3 Å². The molecule has 1 aromatic rings. The molecule has 0 aliphatic carbocycles. The van der Waals surface area contributed by atoms with Gasteiger partial charge in [-0.25, -0.2) is 0 Å². The lowest BCUT2D eigenvalue weighted by Gasteiger charge is -2.18. The van der Waals surface area contributed by atoms with E-state index in [9.17, 15) is 9.59 Å². The predicted molar refractivity (Wildman–Crippen MR) is 80.3 cm³/mol. The van der Waals surface area contributed by atoms with E-state index < -0.39 is 0 Å². The van der Waals surface area contributed by atoms with E-state index in [-0.39, 0.29) is 17.9 Å². The zero-order valence-electron chi connectivity index (χ0n) is 12.6. The third kappa shape index (κ3) is 4.37. The number of hydrogen-bond acceptors (Lipinski definition) is 3. The first-order valence-electron chi connectivity index (χ1n) is 7.08. The molecule has 0 unspecified atom stereocenters. The van der Waals surface area contributed by atoms with Crippen LogP contribution in [0.3, 0.4) is 0 Å². The molecule has 20 heavy (non-hydrogen) atoms. The van der Waals surface area contributed by atoms with Gasteiger partial charge in [0.15, 0.2) is 0 Å². The number of ether oxygens (including phenoxy) is 1. The maximum absolute atomic E-state index is 12.2. The van der Waals surface area contributed by atoms with Crippen LogP contribution in [0.25, 0.3) is 0 Å². The number of aldehydes is 1. The quantitative estimate of drug-likeness (QED) is 0.774. The van der Waals surface area contributed by atoms with Crippen molar-refractivity contribution in [3.8, 4) is 5.75 Å². The van der Waals surface area contributed by atoms with Crippen LogP contribution in [0.15, 0.2) is 18.2 Å². The highest BCUT2D eigenvalue weighted by Crippen LogP contribution is 2.27. The van der Waals surface area contributed by atoms with Gasteiger partial charge in [-0.05, 0) is 44.9 Å². The van der Waals surface area contributed by atoms with E-state index in [4.69, 9.17) is 4.74 Å². The van der Waals surface area contributed by atoms with E-state index in [2.05, 4.69) is 5.32 Å². The second-order valence-corrected chi connectivity index (χ2v) is 5.04. The summed E-state index contributed by atoms with van der Waals surface area (Å²) in [4.78, 5) is 23.0. The molecule has 1 aromatic carbocycles. The Balaban J connectivity index is 3.00. The third-order valence-electron chi connectivity index (χ3n) is 3.12. The summed E-state index contributed by atoms with van der Waals surface area (Å²) in [6.07, 6.45) is 2.33. The lowest BCUT2D eigenvalue weighted by molar-refractivity contribution is -0.120. The molecule has 1 rings (SSSR count). The molecule has 4 heteroatoms. The van der Waals surface area contributed by atoms with Crippen LogP contribution in [-0.2, 0) is 4.79 Å². The van der Waals surface area contributed by atoms with Crippen molar-refractivity contribution < 1.29 is 14.3 Å². The lowest BCUT2D eigenvalue weighted by atomic mass is 10.0. The Bertz CT molecular complexity index is 465. The third-order valence-corrected chi connectivity index (χ3v) is 3.12. The van der Waals surface area contributed by atoms with Gasteiger partial charge in [-0.1, -0.05) is 13.8 Å². The van der Waals surface area contributed by atoms with Crippen LogP contribution in [0, 0.1) is 5.92 Å². The van der Waals surface area contributed by atoms with Crippen LogP contribution in [0.1, 0.15) is 50.9 Å². The molecule has 0 radical (unpaired) electrons. The topological polar surface area (TPSA) is 55.4 Å². The fourth-order valence-corrected chi connectivity index (χ4v) is 1.97.